The summed E-state index contributed by atoms with van der Waals surface area (Å²) in [6, 6.07) is 10.1. The quantitative estimate of drug-likeness (QED) is 0.724. The first-order chi connectivity index (χ1) is 8.18. The molecule has 0 spiro atoms. The van der Waals surface area contributed by atoms with Gasteiger partial charge in [-0.3, -0.25) is 4.79 Å². The maximum absolute atomic E-state index is 12.0. The van der Waals surface area contributed by atoms with E-state index in [9.17, 15) is 4.79 Å². The van der Waals surface area contributed by atoms with Gasteiger partial charge in [0.25, 0.3) is 0 Å². The number of carbonyl (C=O) groups is 1. The van der Waals surface area contributed by atoms with E-state index in [4.69, 9.17) is 0 Å². The number of hydrogen-bond acceptors (Lipinski definition) is 2. The summed E-state index contributed by atoms with van der Waals surface area (Å²) in [4.78, 5) is 14.0. The third-order valence-corrected chi connectivity index (χ3v) is 3.36. The van der Waals surface area contributed by atoms with Crippen LogP contribution in [0.1, 0.15) is 26.2 Å². The van der Waals surface area contributed by atoms with E-state index in [0.717, 1.165) is 30.5 Å². The molecule has 2 heteroatoms. The molecule has 0 radical (unpaired) electrons. The maximum atomic E-state index is 12.0. The van der Waals surface area contributed by atoms with Crippen molar-refractivity contribution in [1.82, 2.24) is 0 Å². The number of allylic oxidation sites excluding steroid dienone is 1. The Morgan fingerprint density at radius 1 is 1.29 bits per heavy atom. The molecule has 0 bridgehead atoms. The van der Waals surface area contributed by atoms with Crippen LogP contribution in [0.15, 0.2) is 42.1 Å². The highest BCUT2D eigenvalue weighted by Crippen LogP contribution is 2.25. The predicted molar refractivity (Wildman–Crippen MR) is 71.0 cm³/mol. The van der Waals surface area contributed by atoms with E-state index in [0.29, 0.717) is 5.78 Å². The highest BCUT2D eigenvalue weighted by atomic mass is 16.1. The molecule has 0 N–H and O–H groups in total. The highest BCUT2D eigenvalue weighted by Gasteiger charge is 2.22. The van der Waals surface area contributed by atoms with Crippen molar-refractivity contribution in [1.29, 1.82) is 0 Å². The van der Waals surface area contributed by atoms with Gasteiger partial charge < -0.3 is 4.90 Å². The van der Waals surface area contributed by atoms with Gasteiger partial charge in [-0.25, -0.2) is 0 Å². The second kappa shape index (κ2) is 5.17. The molecule has 1 aromatic rings. The van der Waals surface area contributed by atoms with E-state index >= 15 is 0 Å². The number of Topliss-reactive ketones (excluding diaryl/α,β-unsaturated/α-hetero) is 1. The molecule has 1 unspecified atom stereocenters. The number of ketones is 1. The number of nitrogens with zero attached hydrogens (tertiary/aromatic N) is 1. The third kappa shape index (κ3) is 2.76. The van der Waals surface area contributed by atoms with E-state index < -0.39 is 0 Å². The lowest BCUT2D eigenvalue weighted by molar-refractivity contribution is -0.119. The average molecular weight is 229 g/mol. The van der Waals surface area contributed by atoms with Gasteiger partial charge in [0.15, 0.2) is 5.78 Å². The number of hydrogen-bond donors (Lipinski definition) is 0. The Balaban J connectivity index is 2.16. The van der Waals surface area contributed by atoms with Crippen LogP contribution < -0.4 is 4.90 Å². The van der Waals surface area contributed by atoms with E-state index in [1.807, 2.05) is 55.4 Å². The van der Waals surface area contributed by atoms with Gasteiger partial charge in [-0.05, 0) is 31.4 Å². The van der Waals surface area contributed by atoms with Gasteiger partial charge in [0.05, 0.1) is 0 Å². The van der Waals surface area contributed by atoms with Crippen molar-refractivity contribution < 1.29 is 4.79 Å². The SMILES string of the molecule is CC1CCC/C(=C\N(C)c2ccccc2)C1=O. The van der Waals surface area contributed by atoms with E-state index in [1.54, 1.807) is 0 Å². The van der Waals surface area contributed by atoms with Crippen LogP contribution in [0.3, 0.4) is 0 Å². The fraction of sp³-hybridized carbons (Fsp3) is 0.400. The zero-order valence-corrected chi connectivity index (χ0v) is 10.5. The first-order valence-corrected chi connectivity index (χ1v) is 6.21. The zero-order chi connectivity index (χ0) is 12.3. The van der Waals surface area contributed by atoms with Crippen molar-refractivity contribution in [3.63, 3.8) is 0 Å². The Morgan fingerprint density at radius 2 is 2.00 bits per heavy atom. The summed E-state index contributed by atoms with van der Waals surface area (Å²) in [6.07, 6.45) is 5.07. The van der Waals surface area contributed by atoms with Crippen LogP contribution in [-0.2, 0) is 4.79 Å². The summed E-state index contributed by atoms with van der Waals surface area (Å²) in [6.45, 7) is 2.03. The molecular formula is C15H19NO. The molecular weight excluding hydrogens is 210 g/mol. The molecule has 2 nitrogen and oxygen atoms in total. The molecule has 90 valence electrons. The van der Waals surface area contributed by atoms with Gasteiger partial charge in [0.1, 0.15) is 0 Å². The smallest absolute Gasteiger partial charge is 0.163 e. The minimum Gasteiger partial charge on any atom is -0.351 e. The fourth-order valence-electron chi connectivity index (χ4n) is 2.27. The zero-order valence-electron chi connectivity index (χ0n) is 10.5. The first-order valence-electron chi connectivity index (χ1n) is 6.21. The summed E-state index contributed by atoms with van der Waals surface area (Å²) >= 11 is 0. The van der Waals surface area contributed by atoms with Gasteiger partial charge in [-0.2, -0.15) is 0 Å². The summed E-state index contributed by atoms with van der Waals surface area (Å²) in [7, 11) is 1.99. The third-order valence-electron chi connectivity index (χ3n) is 3.36. The van der Waals surface area contributed by atoms with Crippen molar-refractivity contribution in [3.8, 4) is 0 Å². The predicted octanol–water partition coefficient (Wildman–Crippen LogP) is 3.40. The summed E-state index contributed by atoms with van der Waals surface area (Å²) in [5.74, 6) is 0.512. The lowest BCUT2D eigenvalue weighted by atomic mass is 9.86. The Labute approximate surface area is 103 Å². The van der Waals surface area contributed by atoms with Gasteiger partial charge in [-0.1, -0.05) is 25.1 Å². The van der Waals surface area contributed by atoms with Crippen molar-refractivity contribution in [2.45, 2.75) is 26.2 Å². The molecule has 2 rings (SSSR count). The summed E-state index contributed by atoms with van der Waals surface area (Å²) in [5, 5.41) is 0. The van der Waals surface area contributed by atoms with Crippen molar-refractivity contribution >= 4 is 11.5 Å². The molecule has 1 saturated carbocycles. The molecule has 1 atom stereocenters. The number of para-hydroxylation sites is 1. The lowest BCUT2D eigenvalue weighted by Crippen LogP contribution is -2.21. The van der Waals surface area contributed by atoms with Crippen LogP contribution in [0.2, 0.25) is 0 Å². The fourth-order valence-corrected chi connectivity index (χ4v) is 2.27. The summed E-state index contributed by atoms with van der Waals surface area (Å²) < 4.78 is 0. The maximum Gasteiger partial charge on any atom is 0.163 e. The monoisotopic (exact) mass is 229 g/mol. The molecule has 1 aromatic carbocycles. The number of anilines is 1. The van der Waals surface area contributed by atoms with Crippen molar-refractivity contribution in [2.24, 2.45) is 5.92 Å². The molecule has 0 saturated heterocycles. The van der Waals surface area contributed by atoms with Crippen LogP contribution in [-0.4, -0.2) is 12.8 Å². The number of rotatable bonds is 2. The molecule has 17 heavy (non-hydrogen) atoms. The Kier molecular flexibility index (Phi) is 3.62. The minimum absolute atomic E-state index is 0.194. The van der Waals surface area contributed by atoms with E-state index in [1.165, 1.54) is 0 Å². The standard InChI is InChI=1S/C15H19NO/c1-12-7-6-8-13(15(12)17)11-16(2)14-9-4-3-5-10-14/h3-5,9-12H,6-8H2,1-2H3/b13-11+. The minimum atomic E-state index is 0.194. The van der Waals surface area contributed by atoms with E-state index in [2.05, 4.69) is 0 Å². The van der Waals surface area contributed by atoms with Gasteiger partial charge in [0, 0.05) is 30.4 Å². The van der Waals surface area contributed by atoms with Crippen molar-refractivity contribution in [3.05, 3.63) is 42.1 Å². The first kappa shape index (κ1) is 11.9. The number of benzene rings is 1. The largest absolute Gasteiger partial charge is 0.351 e. The molecule has 0 amide bonds. The molecule has 1 aliphatic rings. The normalized spacial score (nSPS) is 22.8. The molecule has 0 aliphatic heterocycles. The Morgan fingerprint density at radius 3 is 2.71 bits per heavy atom. The number of carbonyl (C=O) groups excluding carboxylic acids is 1. The lowest BCUT2D eigenvalue weighted by Gasteiger charge is -2.22. The van der Waals surface area contributed by atoms with E-state index in [-0.39, 0.29) is 5.92 Å². The summed E-state index contributed by atoms with van der Waals surface area (Å²) in [5.41, 5.74) is 2.08. The topological polar surface area (TPSA) is 20.3 Å². The molecule has 0 aromatic heterocycles. The molecule has 1 aliphatic carbocycles. The second-order valence-corrected chi connectivity index (χ2v) is 4.76. The Bertz CT molecular complexity index is 422. The van der Waals surface area contributed by atoms with Crippen LogP contribution in [0.25, 0.3) is 0 Å². The Hall–Kier alpha value is -1.57. The van der Waals surface area contributed by atoms with Crippen LogP contribution in [0.5, 0.6) is 0 Å². The van der Waals surface area contributed by atoms with Crippen LogP contribution >= 0.6 is 0 Å². The van der Waals surface area contributed by atoms with Crippen LogP contribution in [0, 0.1) is 5.92 Å². The second-order valence-electron chi connectivity index (χ2n) is 4.76. The van der Waals surface area contributed by atoms with Gasteiger partial charge in [-0.15, -0.1) is 0 Å². The molecule has 0 heterocycles. The average Bonchev–Trinajstić information content (AvgIpc) is 2.36. The van der Waals surface area contributed by atoms with Crippen molar-refractivity contribution in [2.75, 3.05) is 11.9 Å². The van der Waals surface area contributed by atoms with Gasteiger partial charge >= 0.3 is 0 Å². The molecule has 1 fully saturated rings. The van der Waals surface area contributed by atoms with Gasteiger partial charge in [0.2, 0.25) is 0 Å². The highest BCUT2D eigenvalue weighted by molar-refractivity contribution is 5.97. The van der Waals surface area contributed by atoms with Crippen LogP contribution in [0.4, 0.5) is 5.69 Å².